The molecule has 1 aromatic heterocycles. The van der Waals surface area contributed by atoms with E-state index >= 15 is 0 Å². The molecule has 8 heteroatoms. The number of fused-ring (bicyclic) bond motifs is 2. The minimum absolute atomic E-state index is 0.0396. The van der Waals surface area contributed by atoms with Gasteiger partial charge in [0.1, 0.15) is 5.75 Å². The number of likely N-dealkylation sites (N-methyl/N-ethyl adjacent to an activating group) is 1. The van der Waals surface area contributed by atoms with Crippen molar-refractivity contribution in [2.75, 3.05) is 30.4 Å². The Kier molecular flexibility index (Phi) is 5.61. The van der Waals surface area contributed by atoms with Crippen molar-refractivity contribution in [3.8, 4) is 17.0 Å². The highest BCUT2D eigenvalue weighted by atomic mass is 32.1. The summed E-state index contributed by atoms with van der Waals surface area (Å²) in [5, 5.41) is 9.71. The summed E-state index contributed by atoms with van der Waals surface area (Å²) in [7, 11) is 2.09. The summed E-state index contributed by atoms with van der Waals surface area (Å²) < 4.78 is 7.36. The molecule has 3 heterocycles. The average Bonchev–Trinajstić information content (AvgIpc) is 3.31. The highest BCUT2D eigenvalue weighted by Crippen LogP contribution is 2.46. The molecule has 2 aliphatic heterocycles. The molecule has 5 rings (SSSR count). The highest BCUT2D eigenvalue weighted by molar-refractivity contribution is 7.07. The molecule has 0 aliphatic carbocycles. The van der Waals surface area contributed by atoms with Crippen molar-refractivity contribution in [3.63, 3.8) is 0 Å². The molecule has 0 unspecified atom stereocenters. The SMILES string of the molecule is CCN=c1scc(-c2ccc3c(c2)NC(=O)CO3)n1N=CC=C1N(C)c2ccccc2C1(C)C. The van der Waals surface area contributed by atoms with Gasteiger partial charge in [-0.05, 0) is 42.8 Å². The van der Waals surface area contributed by atoms with Crippen LogP contribution in [0.15, 0.2) is 69.7 Å². The molecule has 1 amide bonds. The van der Waals surface area contributed by atoms with Crippen molar-refractivity contribution in [1.82, 2.24) is 4.68 Å². The number of anilines is 2. The molecule has 34 heavy (non-hydrogen) atoms. The number of hydrogen-bond donors (Lipinski definition) is 1. The van der Waals surface area contributed by atoms with Gasteiger partial charge in [-0.15, -0.1) is 11.3 Å². The van der Waals surface area contributed by atoms with Crippen LogP contribution in [0.2, 0.25) is 0 Å². The van der Waals surface area contributed by atoms with E-state index in [0.29, 0.717) is 18.0 Å². The summed E-state index contributed by atoms with van der Waals surface area (Å²) in [6.45, 7) is 7.18. The third-order valence-corrected chi connectivity index (χ3v) is 7.10. The fourth-order valence-corrected chi connectivity index (χ4v) is 5.47. The first kappa shape index (κ1) is 22.2. The number of amides is 1. The molecule has 0 saturated heterocycles. The smallest absolute Gasteiger partial charge is 0.262 e. The lowest BCUT2D eigenvalue weighted by atomic mass is 9.84. The van der Waals surface area contributed by atoms with Crippen molar-refractivity contribution in [2.24, 2.45) is 10.1 Å². The van der Waals surface area contributed by atoms with Crippen LogP contribution in [0.3, 0.4) is 0 Å². The minimum Gasteiger partial charge on any atom is -0.482 e. The quantitative estimate of drug-likeness (QED) is 0.563. The van der Waals surface area contributed by atoms with E-state index < -0.39 is 0 Å². The van der Waals surface area contributed by atoms with E-state index in [-0.39, 0.29) is 17.9 Å². The number of carbonyl (C=O) groups excluding carboxylic acids is 1. The van der Waals surface area contributed by atoms with Crippen LogP contribution in [0, 0.1) is 0 Å². The predicted octanol–water partition coefficient (Wildman–Crippen LogP) is 4.61. The van der Waals surface area contributed by atoms with Crippen LogP contribution in [0.25, 0.3) is 11.3 Å². The third kappa shape index (κ3) is 3.74. The second kappa shape index (κ2) is 8.61. The summed E-state index contributed by atoms with van der Waals surface area (Å²) in [6, 6.07) is 14.3. The molecule has 2 aromatic carbocycles. The first-order chi connectivity index (χ1) is 16.4. The molecule has 174 valence electrons. The number of benzene rings is 2. The zero-order valence-electron chi connectivity index (χ0n) is 19.7. The van der Waals surface area contributed by atoms with Crippen molar-refractivity contribution in [1.29, 1.82) is 0 Å². The molecule has 0 radical (unpaired) electrons. The Morgan fingerprint density at radius 2 is 2.06 bits per heavy atom. The van der Waals surface area contributed by atoms with E-state index in [1.165, 1.54) is 28.3 Å². The van der Waals surface area contributed by atoms with Gasteiger partial charge < -0.3 is 15.0 Å². The number of ether oxygens (including phenoxy) is 1. The maximum Gasteiger partial charge on any atom is 0.262 e. The second-order valence-electron chi connectivity index (χ2n) is 8.76. The van der Waals surface area contributed by atoms with Crippen LogP contribution in [-0.4, -0.2) is 37.0 Å². The van der Waals surface area contributed by atoms with E-state index in [2.05, 4.69) is 66.4 Å². The number of aromatic nitrogens is 1. The Balaban J connectivity index is 1.53. The molecule has 0 bridgehead atoms. The van der Waals surface area contributed by atoms with Crippen molar-refractivity contribution in [3.05, 3.63) is 70.0 Å². The summed E-state index contributed by atoms with van der Waals surface area (Å²) in [4.78, 5) is 19.4. The standard InChI is InChI=1S/C26H27N5O2S/c1-5-27-25-31(21(16-34-25)17-10-11-22-19(14-17)29-24(32)15-33-22)28-13-12-23-26(2,3)18-8-6-7-9-20(18)30(23)4/h6-14,16H,5,15H2,1-4H3,(H,29,32). The van der Waals surface area contributed by atoms with Gasteiger partial charge in [-0.3, -0.25) is 9.79 Å². The number of nitrogens with one attached hydrogen (secondary N) is 1. The highest BCUT2D eigenvalue weighted by Gasteiger charge is 2.37. The van der Waals surface area contributed by atoms with Crippen LogP contribution in [0.4, 0.5) is 11.4 Å². The monoisotopic (exact) mass is 473 g/mol. The molecule has 0 atom stereocenters. The largest absolute Gasteiger partial charge is 0.482 e. The van der Waals surface area contributed by atoms with E-state index in [4.69, 9.17) is 9.84 Å². The zero-order chi connectivity index (χ0) is 23.9. The van der Waals surface area contributed by atoms with Gasteiger partial charge in [0, 0.05) is 47.5 Å². The average molecular weight is 474 g/mol. The number of nitrogens with zero attached hydrogens (tertiary/aromatic N) is 4. The number of thiazole rings is 1. The van der Waals surface area contributed by atoms with Crippen LogP contribution in [-0.2, 0) is 10.2 Å². The van der Waals surface area contributed by atoms with Gasteiger partial charge in [0.15, 0.2) is 6.61 Å². The summed E-state index contributed by atoms with van der Waals surface area (Å²) in [5.41, 5.74) is 6.08. The van der Waals surface area contributed by atoms with Crippen molar-refractivity contribution in [2.45, 2.75) is 26.2 Å². The Hall–Kier alpha value is -3.65. The van der Waals surface area contributed by atoms with Crippen LogP contribution in [0.1, 0.15) is 26.3 Å². The fraction of sp³-hybridized carbons (Fsp3) is 0.269. The molecular formula is C26H27N5O2S. The first-order valence-electron chi connectivity index (χ1n) is 11.3. The summed E-state index contributed by atoms with van der Waals surface area (Å²) >= 11 is 1.54. The van der Waals surface area contributed by atoms with Gasteiger partial charge in [-0.25, -0.2) is 4.68 Å². The maximum absolute atomic E-state index is 11.8. The summed E-state index contributed by atoms with van der Waals surface area (Å²) in [5.74, 6) is 0.515. The molecule has 0 saturated carbocycles. The Bertz CT molecular complexity index is 1400. The fourth-order valence-electron chi connectivity index (χ4n) is 4.57. The van der Waals surface area contributed by atoms with Gasteiger partial charge in [0.25, 0.3) is 5.91 Å². The van der Waals surface area contributed by atoms with Gasteiger partial charge in [0.05, 0.1) is 11.4 Å². The van der Waals surface area contributed by atoms with E-state index in [0.717, 1.165) is 16.1 Å². The van der Waals surface area contributed by atoms with Crippen molar-refractivity contribution < 1.29 is 9.53 Å². The molecule has 0 fully saturated rings. The maximum atomic E-state index is 11.8. The lowest BCUT2D eigenvalue weighted by Crippen LogP contribution is -2.25. The van der Waals surface area contributed by atoms with Gasteiger partial charge in [0.2, 0.25) is 4.80 Å². The van der Waals surface area contributed by atoms with E-state index in [9.17, 15) is 4.79 Å². The number of hydrogen-bond acceptors (Lipinski definition) is 6. The Labute approximate surface area is 202 Å². The Morgan fingerprint density at radius 3 is 2.85 bits per heavy atom. The minimum atomic E-state index is -0.154. The molecule has 2 aliphatic rings. The Morgan fingerprint density at radius 1 is 1.24 bits per heavy atom. The number of carbonyl (C=O) groups is 1. The molecular weight excluding hydrogens is 446 g/mol. The first-order valence-corrected chi connectivity index (χ1v) is 12.1. The lowest BCUT2D eigenvalue weighted by Gasteiger charge is -2.23. The van der Waals surface area contributed by atoms with Gasteiger partial charge >= 0.3 is 0 Å². The van der Waals surface area contributed by atoms with E-state index in [1.54, 1.807) is 0 Å². The van der Waals surface area contributed by atoms with Crippen LogP contribution >= 0.6 is 11.3 Å². The van der Waals surface area contributed by atoms with Crippen LogP contribution < -0.4 is 19.8 Å². The zero-order valence-corrected chi connectivity index (χ0v) is 20.5. The number of allylic oxidation sites excluding steroid dienone is 2. The van der Waals surface area contributed by atoms with Crippen molar-refractivity contribution >= 4 is 34.8 Å². The number of para-hydroxylation sites is 1. The second-order valence-corrected chi connectivity index (χ2v) is 9.59. The summed E-state index contributed by atoms with van der Waals surface area (Å²) in [6.07, 6.45) is 3.92. The third-order valence-electron chi connectivity index (χ3n) is 6.24. The van der Waals surface area contributed by atoms with E-state index in [1.807, 2.05) is 41.4 Å². The predicted molar refractivity (Wildman–Crippen MR) is 138 cm³/mol. The number of rotatable bonds is 4. The molecule has 7 nitrogen and oxygen atoms in total. The van der Waals surface area contributed by atoms with Gasteiger partial charge in [-0.2, -0.15) is 5.10 Å². The van der Waals surface area contributed by atoms with Gasteiger partial charge in [-0.1, -0.05) is 32.0 Å². The topological polar surface area (TPSA) is 71.2 Å². The van der Waals surface area contributed by atoms with Crippen LogP contribution in [0.5, 0.6) is 5.75 Å². The lowest BCUT2D eigenvalue weighted by molar-refractivity contribution is -0.118. The normalized spacial score (nSPS) is 18.2. The molecule has 3 aromatic rings. The molecule has 0 spiro atoms. The molecule has 1 N–H and O–H groups in total.